The fourth-order valence-electron chi connectivity index (χ4n) is 4.53. The van der Waals surface area contributed by atoms with Gasteiger partial charge in [0.05, 0.1) is 12.2 Å². The van der Waals surface area contributed by atoms with E-state index in [2.05, 4.69) is 59.2 Å². The Kier molecular flexibility index (Phi) is 9.83. The molecule has 0 unspecified atom stereocenters. The first-order valence-corrected chi connectivity index (χ1v) is 12.7. The summed E-state index contributed by atoms with van der Waals surface area (Å²) in [7, 11) is 0. The summed E-state index contributed by atoms with van der Waals surface area (Å²) in [6.07, 6.45) is -0.706. The van der Waals surface area contributed by atoms with Gasteiger partial charge in [0.15, 0.2) is 0 Å². The summed E-state index contributed by atoms with van der Waals surface area (Å²) >= 11 is 0. The number of aliphatic hydroxyl groups is 2. The van der Waals surface area contributed by atoms with E-state index in [-0.39, 0.29) is 12.1 Å². The van der Waals surface area contributed by atoms with E-state index in [1.807, 2.05) is 72.8 Å². The van der Waals surface area contributed by atoms with Crippen molar-refractivity contribution in [3.05, 3.63) is 144 Å². The summed E-state index contributed by atoms with van der Waals surface area (Å²) in [6, 6.07) is 39.9. The van der Waals surface area contributed by atoms with Crippen LogP contribution in [0.5, 0.6) is 0 Å². The lowest BCUT2D eigenvalue weighted by atomic mass is 9.91. The van der Waals surface area contributed by atoms with E-state index >= 15 is 0 Å². The molecule has 186 valence electrons. The first-order valence-electron chi connectivity index (χ1n) is 12.7. The Labute approximate surface area is 214 Å². The van der Waals surface area contributed by atoms with Gasteiger partial charge in [0.2, 0.25) is 0 Å². The fraction of sp³-hybridized carbons (Fsp3) is 0.250. The van der Waals surface area contributed by atoms with Crippen LogP contribution in [0.25, 0.3) is 0 Å². The summed E-state index contributed by atoms with van der Waals surface area (Å²) in [6.45, 7) is 1.23. The average Bonchev–Trinajstić information content (AvgIpc) is 2.94. The van der Waals surface area contributed by atoms with Gasteiger partial charge in [-0.1, -0.05) is 121 Å². The zero-order valence-corrected chi connectivity index (χ0v) is 20.6. The Morgan fingerprint density at radius 2 is 0.694 bits per heavy atom. The highest BCUT2D eigenvalue weighted by Gasteiger charge is 2.32. The van der Waals surface area contributed by atoms with Crippen LogP contribution in [0.3, 0.4) is 0 Å². The number of benzene rings is 4. The van der Waals surface area contributed by atoms with E-state index < -0.39 is 12.2 Å². The van der Waals surface area contributed by atoms with Gasteiger partial charge in [-0.15, -0.1) is 0 Å². The lowest BCUT2D eigenvalue weighted by Crippen LogP contribution is -2.55. The molecule has 0 aliphatic carbocycles. The van der Waals surface area contributed by atoms with Crippen molar-refractivity contribution >= 4 is 0 Å². The summed E-state index contributed by atoms with van der Waals surface area (Å²) in [4.78, 5) is 0. The minimum atomic E-state index is -0.967. The Morgan fingerprint density at radius 1 is 0.417 bits per heavy atom. The highest BCUT2D eigenvalue weighted by molar-refractivity contribution is 5.20. The molecule has 0 spiro atoms. The Morgan fingerprint density at radius 3 is 1.00 bits per heavy atom. The largest absolute Gasteiger partial charge is 0.389 e. The highest BCUT2D eigenvalue weighted by Crippen LogP contribution is 2.16. The predicted molar refractivity (Wildman–Crippen MR) is 146 cm³/mol. The van der Waals surface area contributed by atoms with Crippen LogP contribution in [-0.2, 0) is 25.9 Å². The molecular formula is C32H36N2O2. The third-order valence-corrected chi connectivity index (χ3v) is 6.59. The molecule has 0 saturated carbocycles. The number of hydrogen-bond acceptors (Lipinski definition) is 4. The van der Waals surface area contributed by atoms with Crippen molar-refractivity contribution in [3.8, 4) is 0 Å². The first kappa shape index (κ1) is 25.8. The molecule has 0 heterocycles. The second-order valence-electron chi connectivity index (χ2n) is 9.31. The maximum atomic E-state index is 11.5. The normalized spacial score (nSPS) is 14.6. The number of nitrogens with one attached hydrogen (secondary N) is 2. The van der Waals surface area contributed by atoms with Gasteiger partial charge in [-0.2, -0.15) is 0 Å². The van der Waals surface area contributed by atoms with Crippen molar-refractivity contribution in [1.29, 1.82) is 0 Å². The van der Waals surface area contributed by atoms with E-state index in [9.17, 15) is 10.2 Å². The van der Waals surface area contributed by atoms with Gasteiger partial charge in [0.25, 0.3) is 0 Å². The van der Waals surface area contributed by atoms with Crippen molar-refractivity contribution in [2.75, 3.05) is 0 Å². The number of rotatable bonds is 13. The van der Waals surface area contributed by atoms with Crippen molar-refractivity contribution in [2.24, 2.45) is 0 Å². The zero-order chi connectivity index (χ0) is 25.0. The van der Waals surface area contributed by atoms with Crippen LogP contribution in [0.15, 0.2) is 121 Å². The Hall–Kier alpha value is -3.28. The van der Waals surface area contributed by atoms with Gasteiger partial charge in [-0.3, -0.25) is 0 Å². The molecule has 4 aromatic rings. The Balaban J connectivity index is 1.51. The van der Waals surface area contributed by atoms with Crippen LogP contribution < -0.4 is 10.6 Å². The van der Waals surface area contributed by atoms with Crippen molar-refractivity contribution in [1.82, 2.24) is 10.6 Å². The molecule has 4 heteroatoms. The van der Waals surface area contributed by atoms with Crippen LogP contribution in [-0.4, -0.2) is 34.5 Å². The zero-order valence-electron chi connectivity index (χ0n) is 20.6. The number of hydrogen-bond donors (Lipinski definition) is 4. The van der Waals surface area contributed by atoms with Crippen molar-refractivity contribution in [2.45, 2.75) is 50.2 Å². The maximum Gasteiger partial charge on any atom is 0.0970 e. The molecule has 0 aromatic heterocycles. The molecular weight excluding hydrogens is 444 g/mol. The molecule has 0 aliphatic rings. The molecule has 0 bridgehead atoms. The van der Waals surface area contributed by atoms with Crippen LogP contribution >= 0.6 is 0 Å². The third-order valence-electron chi connectivity index (χ3n) is 6.59. The van der Waals surface area contributed by atoms with Crippen LogP contribution in [0, 0.1) is 0 Å². The lowest BCUT2D eigenvalue weighted by molar-refractivity contribution is -0.0247. The van der Waals surface area contributed by atoms with E-state index in [1.54, 1.807) is 0 Å². The SMILES string of the molecule is O[C@@H]([C@H](O)[C@H](Cc1ccccc1)NCc1ccccc1)[C@H](Cc1ccccc1)NCc1ccccc1. The molecule has 4 aromatic carbocycles. The molecule has 0 amide bonds. The van der Waals surface area contributed by atoms with Gasteiger partial charge in [-0.25, -0.2) is 0 Å². The molecule has 4 nitrogen and oxygen atoms in total. The number of aliphatic hydroxyl groups excluding tert-OH is 2. The second-order valence-corrected chi connectivity index (χ2v) is 9.31. The van der Waals surface area contributed by atoms with E-state index in [0.29, 0.717) is 25.9 Å². The smallest absolute Gasteiger partial charge is 0.0970 e. The standard InChI is InChI=1S/C32H36N2O2/c35-31(29(21-25-13-5-1-6-14-25)33-23-27-17-9-3-10-18-27)32(36)30(22-26-15-7-2-8-16-26)34-24-28-19-11-4-12-20-28/h1-20,29-36H,21-24H2/t29-,30-,31+,32+/m0/s1. The van der Waals surface area contributed by atoms with Gasteiger partial charge in [0, 0.05) is 25.2 Å². The molecule has 0 saturated heterocycles. The molecule has 0 radical (unpaired) electrons. The van der Waals surface area contributed by atoms with Crippen molar-refractivity contribution in [3.63, 3.8) is 0 Å². The van der Waals surface area contributed by atoms with Gasteiger partial charge < -0.3 is 20.8 Å². The summed E-state index contributed by atoms with van der Waals surface area (Å²) in [5.74, 6) is 0. The fourth-order valence-corrected chi connectivity index (χ4v) is 4.53. The van der Waals surface area contributed by atoms with Crippen LogP contribution in [0.1, 0.15) is 22.3 Å². The summed E-state index contributed by atoms with van der Waals surface area (Å²) < 4.78 is 0. The van der Waals surface area contributed by atoms with Gasteiger partial charge >= 0.3 is 0 Å². The van der Waals surface area contributed by atoms with Crippen LogP contribution in [0.4, 0.5) is 0 Å². The van der Waals surface area contributed by atoms with E-state index in [1.165, 1.54) is 0 Å². The molecule has 36 heavy (non-hydrogen) atoms. The monoisotopic (exact) mass is 480 g/mol. The Bertz CT molecular complexity index is 1030. The van der Waals surface area contributed by atoms with Crippen LogP contribution in [0.2, 0.25) is 0 Å². The molecule has 4 atom stereocenters. The first-order chi connectivity index (χ1) is 17.7. The molecule has 0 fully saturated rings. The third kappa shape index (κ3) is 7.87. The minimum absolute atomic E-state index is 0.320. The maximum absolute atomic E-state index is 11.5. The molecule has 0 aliphatic heterocycles. The lowest BCUT2D eigenvalue weighted by Gasteiger charge is -2.33. The predicted octanol–water partition coefficient (Wildman–Crippen LogP) is 4.51. The van der Waals surface area contributed by atoms with E-state index in [0.717, 1.165) is 22.3 Å². The van der Waals surface area contributed by atoms with Gasteiger partial charge in [-0.05, 0) is 35.1 Å². The quantitative estimate of drug-likeness (QED) is 0.227. The molecule has 4 N–H and O–H groups in total. The summed E-state index contributed by atoms with van der Waals surface area (Å²) in [5.41, 5.74) is 4.51. The highest BCUT2D eigenvalue weighted by atomic mass is 16.3. The van der Waals surface area contributed by atoms with E-state index in [4.69, 9.17) is 0 Å². The second kappa shape index (κ2) is 13.7. The topological polar surface area (TPSA) is 64.5 Å². The average molecular weight is 481 g/mol. The van der Waals surface area contributed by atoms with Crippen molar-refractivity contribution < 1.29 is 10.2 Å². The van der Waals surface area contributed by atoms with Gasteiger partial charge in [0.1, 0.15) is 0 Å². The summed E-state index contributed by atoms with van der Waals surface area (Å²) in [5, 5.41) is 30.1. The molecule has 4 rings (SSSR count). The minimum Gasteiger partial charge on any atom is -0.389 e.